The molecule has 2 aliphatic heterocycles. The first-order valence-corrected chi connectivity index (χ1v) is 8.67. The van der Waals surface area contributed by atoms with E-state index in [1.165, 1.54) is 0 Å². The van der Waals surface area contributed by atoms with Gasteiger partial charge in [0.25, 0.3) is 0 Å². The van der Waals surface area contributed by atoms with E-state index < -0.39 is 5.60 Å². The summed E-state index contributed by atoms with van der Waals surface area (Å²) in [6, 6.07) is 5.73. The molecule has 1 aromatic carbocycles. The van der Waals surface area contributed by atoms with Crippen LogP contribution in [0.25, 0.3) is 0 Å². The van der Waals surface area contributed by atoms with Crippen LogP contribution >= 0.6 is 11.6 Å². The van der Waals surface area contributed by atoms with Crippen LogP contribution in [0.1, 0.15) is 31.9 Å². The summed E-state index contributed by atoms with van der Waals surface area (Å²) in [6.07, 6.45) is -0.219. The van der Waals surface area contributed by atoms with Gasteiger partial charge < -0.3 is 14.7 Å². The van der Waals surface area contributed by atoms with Crippen molar-refractivity contribution in [2.24, 2.45) is 5.41 Å². The van der Waals surface area contributed by atoms with Gasteiger partial charge in [0.2, 0.25) is 0 Å². The number of amides is 1. The van der Waals surface area contributed by atoms with Gasteiger partial charge in [-0.25, -0.2) is 4.79 Å². The molecule has 0 atom stereocenters. The number of carbonyl (C=O) groups is 1. The summed E-state index contributed by atoms with van der Waals surface area (Å²) in [4.78, 5) is 16.1. The average Bonchev–Trinajstić information content (AvgIpc) is 2.37. The molecule has 0 aromatic heterocycles. The summed E-state index contributed by atoms with van der Waals surface area (Å²) < 4.78 is 5.40. The second-order valence-electron chi connectivity index (χ2n) is 8.02. The summed E-state index contributed by atoms with van der Waals surface area (Å²) in [5.74, 6) is 0. The van der Waals surface area contributed by atoms with Crippen LogP contribution in [-0.4, -0.2) is 52.8 Å². The van der Waals surface area contributed by atoms with Gasteiger partial charge in [-0.2, -0.15) is 0 Å². The molecule has 0 saturated carbocycles. The molecule has 2 fully saturated rings. The summed E-state index contributed by atoms with van der Waals surface area (Å²) in [5, 5.41) is 10.1. The molecule has 0 bridgehead atoms. The van der Waals surface area contributed by atoms with E-state index in [-0.39, 0.29) is 18.1 Å². The lowest BCUT2D eigenvalue weighted by atomic mass is 9.73. The van der Waals surface area contributed by atoms with Gasteiger partial charge >= 0.3 is 6.09 Å². The SMILES string of the molecule is CC(C)(C)OC(=O)N1CC2(CN(Cc3cccc(Cl)c3CO)C2)C1. The number of aliphatic hydroxyl groups excluding tert-OH is 1. The van der Waals surface area contributed by atoms with E-state index in [9.17, 15) is 9.90 Å². The number of carbonyl (C=O) groups excluding carboxylic acids is 1. The van der Waals surface area contributed by atoms with Gasteiger partial charge in [0, 0.05) is 48.7 Å². The molecule has 0 unspecified atom stereocenters. The van der Waals surface area contributed by atoms with E-state index in [4.69, 9.17) is 16.3 Å². The molecular weight excluding hydrogens is 328 g/mol. The summed E-state index contributed by atoms with van der Waals surface area (Å²) in [7, 11) is 0. The number of halogens is 1. The van der Waals surface area contributed by atoms with Crippen LogP contribution in [0.2, 0.25) is 5.02 Å². The monoisotopic (exact) mass is 352 g/mol. The maximum Gasteiger partial charge on any atom is 0.410 e. The van der Waals surface area contributed by atoms with Crippen molar-refractivity contribution < 1.29 is 14.6 Å². The minimum atomic E-state index is -0.446. The first-order valence-electron chi connectivity index (χ1n) is 8.29. The minimum Gasteiger partial charge on any atom is -0.444 e. The maximum absolute atomic E-state index is 12.0. The second-order valence-corrected chi connectivity index (χ2v) is 8.42. The largest absolute Gasteiger partial charge is 0.444 e. The van der Waals surface area contributed by atoms with Crippen molar-refractivity contribution in [3.05, 3.63) is 34.3 Å². The van der Waals surface area contributed by atoms with E-state index >= 15 is 0 Å². The van der Waals surface area contributed by atoms with Crippen LogP contribution in [0.5, 0.6) is 0 Å². The van der Waals surface area contributed by atoms with Gasteiger partial charge in [0.15, 0.2) is 0 Å². The van der Waals surface area contributed by atoms with Crippen molar-refractivity contribution >= 4 is 17.7 Å². The average molecular weight is 353 g/mol. The van der Waals surface area contributed by atoms with Gasteiger partial charge in [-0.15, -0.1) is 0 Å². The predicted molar refractivity (Wildman–Crippen MR) is 92.9 cm³/mol. The molecule has 1 N–H and O–H groups in total. The second kappa shape index (κ2) is 6.21. The predicted octanol–water partition coefficient (Wildman–Crippen LogP) is 2.89. The number of rotatable bonds is 3. The van der Waals surface area contributed by atoms with Crippen LogP contribution < -0.4 is 0 Å². The first kappa shape index (κ1) is 17.5. The lowest BCUT2D eigenvalue weighted by molar-refractivity contribution is -0.115. The highest BCUT2D eigenvalue weighted by Gasteiger charge is 2.53. The number of aliphatic hydroxyl groups is 1. The lowest BCUT2D eigenvalue weighted by Gasteiger charge is -2.60. The number of nitrogens with zero attached hydrogens (tertiary/aromatic N) is 2. The zero-order chi connectivity index (χ0) is 17.5. The Morgan fingerprint density at radius 2 is 1.96 bits per heavy atom. The van der Waals surface area contributed by atoms with Crippen molar-refractivity contribution in [1.29, 1.82) is 0 Å². The van der Waals surface area contributed by atoms with Crippen LogP contribution in [0, 0.1) is 5.41 Å². The molecule has 0 aliphatic carbocycles. The Morgan fingerprint density at radius 3 is 2.54 bits per heavy atom. The van der Waals surface area contributed by atoms with Crippen molar-refractivity contribution in [2.45, 2.75) is 39.5 Å². The minimum absolute atomic E-state index is 0.0413. The summed E-state index contributed by atoms with van der Waals surface area (Å²) in [5.41, 5.74) is 1.65. The van der Waals surface area contributed by atoms with Crippen LogP contribution in [-0.2, 0) is 17.9 Å². The van der Waals surface area contributed by atoms with Gasteiger partial charge in [0.1, 0.15) is 5.60 Å². The Balaban J connectivity index is 1.49. The fourth-order valence-corrected chi connectivity index (χ4v) is 3.86. The van der Waals surface area contributed by atoms with E-state index in [2.05, 4.69) is 4.90 Å². The number of ether oxygens (including phenoxy) is 1. The third kappa shape index (κ3) is 3.53. The Labute approximate surface area is 148 Å². The van der Waals surface area contributed by atoms with Gasteiger partial charge in [-0.1, -0.05) is 23.7 Å². The Kier molecular flexibility index (Phi) is 4.53. The van der Waals surface area contributed by atoms with Gasteiger partial charge in [-0.05, 0) is 32.4 Å². The van der Waals surface area contributed by atoms with Crippen molar-refractivity contribution in [2.75, 3.05) is 26.2 Å². The molecule has 1 spiro atoms. The molecule has 5 nitrogen and oxygen atoms in total. The topological polar surface area (TPSA) is 53.0 Å². The van der Waals surface area contributed by atoms with E-state index in [0.717, 1.165) is 43.9 Å². The van der Waals surface area contributed by atoms with Crippen LogP contribution in [0.15, 0.2) is 18.2 Å². The summed E-state index contributed by atoms with van der Waals surface area (Å²) >= 11 is 6.14. The molecule has 2 aliphatic rings. The smallest absolute Gasteiger partial charge is 0.410 e. The molecule has 2 heterocycles. The maximum atomic E-state index is 12.0. The van der Waals surface area contributed by atoms with Crippen LogP contribution in [0.4, 0.5) is 4.79 Å². The summed E-state index contributed by atoms with van der Waals surface area (Å²) in [6.45, 7) is 9.85. The molecular formula is C18H25ClN2O3. The number of hydrogen-bond acceptors (Lipinski definition) is 4. The number of hydrogen-bond donors (Lipinski definition) is 1. The van der Waals surface area contributed by atoms with Gasteiger partial charge in [-0.3, -0.25) is 4.90 Å². The molecule has 132 valence electrons. The zero-order valence-electron chi connectivity index (χ0n) is 14.5. The fourth-order valence-electron chi connectivity index (χ4n) is 3.60. The molecule has 2 saturated heterocycles. The first-order chi connectivity index (χ1) is 11.2. The molecule has 3 rings (SSSR count). The highest BCUT2D eigenvalue weighted by atomic mass is 35.5. The quantitative estimate of drug-likeness (QED) is 0.908. The third-order valence-corrected chi connectivity index (χ3v) is 4.94. The Hall–Kier alpha value is -1.30. The highest BCUT2D eigenvalue weighted by molar-refractivity contribution is 6.31. The van der Waals surface area contributed by atoms with Crippen LogP contribution in [0.3, 0.4) is 0 Å². The van der Waals surface area contributed by atoms with E-state index in [1.54, 1.807) is 11.0 Å². The molecule has 6 heteroatoms. The zero-order valence-corrected chi connectivity index (χ0v) is 15.3. The van der Waals surface area contributed by atoms with Gasteiger partial charge in [0.05, 0.1) is 6.61 Å². The Morgan fingerprint density at radius 1 is 1.29 bits per heavy atom. The highest BCUT2D eigenvalue weighted by Crippen LogP contribution is 2.41. The fraction of sp³-hybridized carbons (Fsp3) is 0.611. The standard InChI is InChI=1S/C18H25ClN2O3/c1-17(2,3)24-16(23)21-11-18(12-21)9-20(10-18)7-13-5-4-6-15(19)14(13)8-22/h4-6,22H,7-12H2,1-3H3. The normalized spacial score (nSPS) is 19.8. The number of likely N-dealkylation sites (tertiary alicyclic amines) is 2. The third-order valence-electron chi connectivity index (χ3n) is 4.59. The lowest BCUT2D eigenvalue weighted by Crippen LogP contribution is -2.72. The number of benzene rings is 1. The molecule has 0 radical (unpaired) electrons. The van der Waals surface area contributed by atoms with Crippen molar-refractivity contribution in [3.8, 4) is 0 Å². The van der Waals surface area contributed by atoms with E-state index in [1.807, 2.05) is 32.9 Å². The van der Waals surface area contributed by atoms with Crippen molar-refractivity contribution in [1.82, 2.24) is 9.80 Å². The molecule has 1 aromatic rings. The van der Waals surface area contributed by atoms with Crippen molar-refractivity contribution in [3.63, 3.8) is 0 Å². The molecule has 24 heavy (non-hydrogen) atoms. The Bertz CT molecular complexity index is 628. The molecule has 1 amide bonds. The van der Waals surface area contributed by atoms with E-state index in [0.29, 0.717) is 5.02 Å².